The van der Waals surface area contributed by atoms with E-state index in [1.54, 1.807) is 0 Å². The van der Waals surface area contributed by atoms with Crippen molar-refractivity contribution in [1.29, 1.82) is 0 Å². The van der Waals surface area contributed by atoms with Crippen LogP contribution in [0.25, 0.3) is 10.4 Å². The van der Waals surface area contributed by atoms with Crippen molar-refractivity contribution in [2.45, 2.75) is 31.7 Å². The van der Waals surface area contributed by atoms with Crippen molar-refractivity contribution in [2.75, 3.05) is 0 Å². The van der Waals surface area contributed by atoms with Crippen LogP contribution < -0.4 is 0 Å². The number of rotatable bonds is 2. The number of hydrogen-bond acceptors (Lipinski definition) is 1. The lowest BCUT2D eigenvalue weighted by atomic mass is 9.76. The average molecular weight is 187 g/mol. The van der Waals surface area contributed by atoms with E-state index in [4.69, 9.17) is 5.53 Å². The molecule has 0 amide bonds. The molecule has 0 heterocycles. The third-order valence-electron chi connectivity index (χ3n) is 2.84. The van der Waals surface area contributed by atoms with Gasteiger partial charge >= 0.3 is 0 Å². The maximum atomic E-state index is 8.26. The highest BCUT2D eigenvalue weighted by Crippen LogP contribution is 2.38. The van der Waals surface area contributed by atoms with Crippen molar-refractivity contribution in [3.63, 3.8) is 0 Å². The lowest BCUT2D eigenvalue weighted by molar-refractivity contribution is 0.351. The normalized spacial score (nSPS) is 24.9. The predicted molar refractivity (Wildman–Crippen MR) is 56.1 cm³/mol. The molecule has 3 nitrogen and oxygen atoms in total. The topological polar surface area (TPSA) is 48.8 Å². The van der Waals surface area contributed by atoms with E-state index in [2.05, 4.69) is 41.2 Å². The maximum absolute atomic E-state index is 8.26. The Balaban J connectivity index is 2.03. The Morgan fingerprint density at radius 2 is 2.21 bits per heavy atom. The van der Waals surface area contributed by atoms with Crippen molar-refractivity contribution >= 4 is 0 Å². The van der Waals surface area contributed by atoms with Crippen LogP contribution in [0.5, 0.6) is 0 Å². The molecular weight excluding hydrogens is 174 g/mol. The van der Waals surface area contributed by atoms with Crippen LogP contribution in [0.15, 0.2) is 29.4 Å². The Hall–Kier alpha value is -1.47. The zero-order chi connectivity index (χ0) is 9.97. The van der Waals surface area contributed by atoms with Crippen LogP contribution in [0.3, 0.4) is 0 Å². The fourth-order valence-corrected chi connectivity index (χ4v) is 1.95. The summed E-state index contributed by atoms with van der Waals surface area (Å²) in [5.41, 5.74) is 10.9. The van der Waals surface area contributed by atoms with E-state index in [1.165, 1.54) is 11.1 Å². The summed E-state index contributed by atoms with van der Waals surface area (Å²) in [6.45, 7) is 2.10. The Morgan fingerprint density at radius 1 is 1.43 bits per heavy atom. The minimum Gasteiger partial charge on any atom is -0.0906 e. The lowest BCUT2D eigenvalue weighted by Gasteiger charge is -2.32. The van der Waals surface area contributed by atoms with Crippen molar-refractivity contribution in [1.82, 2.24) is 0 Å². The molecule has 0 N–H and O–H groups in total. The fourth-order valence-electron chi connectivity index (χ4n) is 1.95. The summed E-state index contributed by atoms with van der Waals surface area (Å²) in [6.07, 6.45) is 2.01. The van der Waals surface area contributed by atoms with Crippen LogP contribution in [0, 0.1) is 6.92 Å². The molecule has 1 aromatic carbocycles. The van der Waals surface area contributed by atoms with Gasteiger partial charge in [0.25, 0.3) is 0 Å². The number of hydrogen-bond donors (Lipinski definition) is 0. The summed E-state index contributed by atoms with van der Waals surface area (Å²) in [7, 11) is 0. The molecule has 0 aromatic heterocycles. The van der Waals surface area contributed by atoms with Gasteiger partial charge in [-0.05, 0) is 36.8 Å². The second-order valence-electron chi connectivity index (χ2n) is 3.94. The second kappa shape index (κ2) is 3.72. The summed E-state index contributed by atoms with van der Waals surface area (Å²) in [5, 5.41) is 3.71. The number of azide groups is 1. The molecule has 0 bridgehead atoms. The molecule has 1 aromatic rings. The largest absolute Gasteiger partial charge is 0.0906 e. The third kappa shape index (κ3) is 1.73. The van der Waals surface area contributed by atoms with Crippen LogP contribution in [0.1, 0.15) is 29.9 Å². The molecule has 1 aliphatic rings. The van der Waals surface area contributed by atoms with Crippen LogP contribution in [-0.2, 0) is 0 Å². The van der Waals surface area contributed by atoms with Gasteiger partial charge < -0.3 is 0 Å². The highest BCUT2D eigenvalue weighted by atomic mass is 15.2. The predicted octanol–water partition coefficient (Wildman–Crippen LogP) is 3.55. The molecule has 0 atom stereocenters. The molecule has 14 heavy (non-hydrogen) atoms. The van der Waals surface area contributed by atoms with E-state index in [1.807, 2.05) is 0 Å². The van der Waals surface area contributed by atoms with E-state index < -0.39 is 0 Å². The summed E-state index contributed by atoms with van der Waals surface area (Å²) in [4.78, 5) is 2.83. The van der Waals surface area contributed by atoms with Gasteiger partial charge in [-0.3, -0.25) is 0 Å². The van der Waals surface area contributed by atoms with E-state index in [9.17, 15) is 0 Å². The minimum absolute atomic E-state index is 0.227. The number of benzene rings is 1. The van der Waals surface area contributed by atoms with Gasteiger partial charge in [0.1, 0.15) is 0 Å². The summed E-state index contributed by atoms with van der Waals surface area (Å²) < 4.78 is 0. The van der Waals surface area contributed by atoms with Crippen LogP contribution in [-0.4, -0.2) is 6.04 Å². The first kappa shape index (κ1) is 9.10. The summed E-state index contributed by atoms with van der Waals surface area (Å²) in [5.74, 6) is 0.602. The van der Waals surface area contributed by atoms with E-state index in [0.717, 1.165) is 12.8 Å². The van der Waals surface area contributed by atoms with Gasteiger partial charge in [0.15, 0.2) is 0 Å². The highest BCUT2D eigenvalue weighted by Gasteiger charge is 2.29. The summed E-state index contributed by atoms with van der Waals surface area (Å²) in [6, 6.07) is 8.80. The zero-order valence-electron chi connectivity index (χ0n) is 8.22. The van der Waals surface area contributed by atoms with Crippen LogP contribution in [0.4, 0.5) is 0 Å². The average Bonchev–Trinajstić information content (AvgIpc) is 2.10. The van der Waals surface area contributed by atoms with Gasteiger partial charge in [-0.2, -0.15) is 0 Å². The van der Waals surface area contributed by atoms with Gasteiger partial charge in [0, 0.05) is 11.0 Å². The monoisotopic (exact) mass is 187 g/mol. The van der Waals surface area contributed by atoms with Gasteiger partial charge in [-0.15, -0.1) is 0 Å². The van der Waals surface area contributed by atoms with Crippen molar-refractivity contribution in [2.24, 2.45) is 5.11 Å². The Kier molecular flexibility index (Phi) is 2.42. The molecule has 1 aliphatic carbocycles. The number of nitrogens with zero attached hydrogens (tertiary/aromatic N) is 3. The SMILES string of the molecule is Cc1cccc(C2CC(N=[N+]=[N-])C2)c1. The van der Waals surface area contributed by atoms with E-state index in [-0.39, 0.29) is 6.04 Å². The van der Waals surface area contributed by atoms with Crippen molar-refractivity contribution < 1.29 is 0 Å². The van der Waals surface area contributed by atoms with Gasteiger partial charge in [0.05, 0.1) is 0 Å². The first-order chi connectivity index (χ1) is 6.79. The zero-order valence-corrected chi connectivity index (χ0v) is 8.22. The molecule has 1 fully saturated rings. The molecule has 2 rings (SSSR count). The van der Waals surface area contributed by atoms with Crippen molar-refractivity contribution in [3.05, 3.63) is 45.8 Å². The summed E-state index contributed by atoms with van der Waals surface area (Å²) >= 11 is 0. The molecule has 0 unspecified atom stereocenters. The van der Waals surface area contributed by atoms with Gasteiger partial charge in [-0.25, -0.2) is 0 Å². The van der Waals surface area contributed by atoms with Gasteiger partial charge in [0.2, 0.25) is 0 Å². The molecule has 0 spiro atoms. The van der Waals surface area contributed by atoms with E-state index in [0.29, 0.717) is 5.92 Å². The molecule has 0 radical (unpaired) electrons. The first-order valence-electron chi connectivity index (χ1n) is 4.90. The molecular formula is C11H13N3. The minimum atomic E-state index is 0.227. The van der Waals surface area contributed by atoms with E-state index >= 15 is 0 Å². The number of aryl methyl sites for hydroxylation is 1. The van der Waals surface area contributed by atoms with Crippen LogP contribution >= 0.6 is 0 Å². The maximum Gasteiger partial charge on any atom is 0.0385 e. The fraction of sp³-hybridized carbons (Fsp3) is 0.455. The molecule has 3 heteroatoms. The molecule has 0 aliphatic heterocycles. The third-order valence-corrected chi connectivity index (χ3v) is 2.84. The van der Waals surface area contributed by atoms with Crippen molar-refractivity contribution in [3.8, 4) is 0 Å². The van der Waals surface area contributed by atoms with Gasteiger partial charge in [-0.1, -0.05) is 34.9 Å². The Labute approximate surface area is 83.4 Å². The highest BCUT2D eigenvalue weighted by molar-refractivity contribution is 5.27. The van der Waals surface area contributed by atoms with Crippen LogP contribution in [0.2, 0.25) is 0 Å². The first-order valence-corrected chi connectivity index (χ1v) is 4.90. The Bertz CT molecular complexity index is 374. The smallest absolute Gasteiger partial charge is 0.0385 e. The Morgan fingerprint density at radius 3 is 2.86 bits per heavy atom. The molecule has 1 saturated carbocycles. The molecule has 0 saturated heterocycles. The quantitative estimate of drug-likeness (QED) is 0.386. The molecule has 72 valence electrons. The standard InChI is InChI=1S/C11H13N3/c1-8-3-2-4-9(5-8)10-6-11(7-10)13-14-12/h2-5,10-11H,6-7H2,1H3. The second-order valence-corrected chi connectivity index (χ2v) is 3.94. The lowest BCUT2D eigenvalue weighted by Crippen LogP contribution is -2.24.